The van der Waals surface area contributed by atoms with Crippen molar-refractivity contribution in [2.75, 3.05) is 19.6 Å². The van der Waals surface area contributed by atoms with E-state index in [0.717, 1.165) is 75.6 Å². The minimum absolute atomic E-state index is 0.0808. The topological polar surface area (TPSA) is 79.3 Å². The van der Waals surface area contributed by atoms with E-state index in [2.05, 4.69) is 54.5 Å². The second kappa shape index (κ2) is 12.6. The third kappa shape index (κ3) is 5.42. The Labute approximate surface area is 262 Å². The molecule has 44 heavy (non-hydrogen) atoms. The van der Waals surface area contributed by atoms with Crippen LogP contribution in [0.25, 0.3) is 0 Å². The third-order valence-electron chi connectivity index (χ3n) is 10.6. The number of likely N-dealkylation sites (tertiary alicyclic amines) is 1. The van der Waals surface area contributed by atoms with E-state index in [9.17, 15) is 14.7 Å². The smallest absolute Gasteiger partial charge is 0.308 e. The Balaban J connectivity index is 1.29. The summed E-state index contributed by atoms with van der Waals surface area (Å²) in [5, 5.41) is 11.3. The van der Waals surface area contributed by atoms with Crippen LogP contribution < -0.4 is 9.47 Å². The number of hydrogen-bond acceptors (Lipinski definition) is 6. The van der Waals surface area contributed by atoms with E-state index in [1.165, 1.54) is 12.5 Å². The number of hydrogen-bond donors (Lipinski definition) is 1. The van der Waals surface area contributed by atoms with Gasteiger partial charge in [0.05, 0.1) is 6.04 Å². The average molecular weight is 601 g/mol. The molecule has 2 fully saturated rings. The molecule has 1 saturated carbocycles. The second-order valence-electron chi connectivity index (χ2n) is 13.8. The molecule has 7 nitrogen and oxygen atoms in total. The van der Waals surface area contributed by atoms with E-state index < -0.39 is 5.97 Å². The van der Waals surface area contributed by atoms with Gasteiger partial charge in [-0.25, -0.2) is 0 Å². The van der Waals surface area contributed by atoms with E-state index in [4.69, 9.17) is 9.47 Å². The summed E-state index contributed by atoms with van der Waals surface area (Å²) in [6.07, 6.45) is 9.73. The lowest BCUT2D eigenvalue weighted by Gasteiger charge is -2.60. The number of rotatable bonds is 12. The molecule has 4 aliphatic rings. The lowest BCUT2D eigenvalue weighted by Crippen LogP contribution is -2.69. The minimum atomic E-state index is -0.442. The summed E-state index contributed by atoms with van der Waals surface area (Å²) in [4.78, 5) is 30.8. The molecule has 6 rings (SSSR count). The summed E-state index contributed by atoms with van der Waals surface area (Å²) in [6, 6.07) is 12.3. The number of phenolic OH excluding ortho intramolecular Hbond substituents is 1. The van der Waals surface area contributed by atoms with Crippen LogP contribution in [0.2, 0.25) is 0 Å². The average Bonchev–Trinajstić information content (AvgIpc) is 3.33. The molecular formula is C37H48N2O5. The molecule has 1 amide bonds. The van der Waals surface area contributed by atoms with Gasteiger partial charge in [-0.1, -0.05) is 56.7 Å². The summed E-state index contributed by atoms with van der Waals surface area (Å²) in [6.45, 7) is 12.1. The molecule has 1 saturated heterocycles. The molecule has 2 aromatic rings. The molecule has 7 heteroatoms. The zero-order valence-electron chi connectivity index (χ0n) is 26.6. The lowest BCUT2D eigenvalue weighted by molar-refractivity contribution is -0.143. The zero-order valence-corrected chi connectivity index (χ0v) is 26.6. The molecule has 2 heterocycles. The van der Waals surface area contributed by atoms with Gasteiger partial charge in [0.25, 0.3) is 0 Å². The van der Waals surface area contributed by atoms with E-state index >= 15 is 0 Å². The van der Waals surface area contributed by atoms with Crippen LogP contribution in [0.5, 0.6) is 17.2 Å². The summed E-state index contributed by atoms with van der Waals surface area (Å²) in [5.74, 6) is 1.47. The first-order valence-electron chi connectivity index (χ1n) is 16.7. The third-order valence-corrected chi connectivity index (χ3v) is 10.6. The fourth-order valence-corrected chi connectivity index (χ4v) is 8.98. The first-order chi connectivity index (χ1) is 21.2. The standard InChI is InChI=1S/C37H48N2O5/c1-5-19-38-20-18-37-28-16-17-29(39(23-24(2)3)33(42)15-11-7-10-14-26-12-8-6-9-13-26)36(37)44-35-32(43-25(4)40)22-31(41)27(34(35)37)21-30(28)38/h5-6,8-9,12-13,22,24,28-30,36,41H,1,7,10-11,14-21,23H2,2-4H3/t28-,29+,30+,36-,37-/m0/s1. The van der Waals surface area contributed by atoms with Crippen LogP contribution in [-0.4, -0.2) is 64.6 Å². The Kier molecular flexibility index (Phi) is 8.78. The quantitative estimate of drug-likeness (QED) is 0.135. The van der Waals surface area contributed by atoms with E-state index in [1.807, 2.05) is 12.1 Å². The van der Waals surface area contributed by atoms with Crippen LogP contribution in [0.3, 0.4) is 0 Å². The van der Waals surface area contributed by atoms with E-state index in [-0.39, 0.29) is 35.3 Å². The summed E-state index contributed by atoms with van der Waals surface area (Å²) >= 11 is 0. The maximum Gasteiger partial charge on any atom is 0.308 e. The van der Waals surface area contributed by atoms with Crippen molar-refractivity contribution >= 4 is 11.9 Å². The molecular weight excluding hydrogens is 552 g/mol. The number of phenols is 1. The molecule has 236 valence electrons. The van der Waals surface area contributed by atoms with Gasteiger partial charge in [-0.2, -0.15) is 0 Å². The normalized spacial score (nSPS) is 26.5. The van der Waals surface area contributed by atoms with E-state index in [1.54, 1.807) is 6.07 Å². The Morgan fingerprint density at radius 3 is 2.73 bits per heavy atom. The molecule has 0 radical (unpaired) electrons. The molecule has 2 bridgehead atoms. The molecule has 1 N–H and O–H groups in total. The highest BCUT2D eigenvalue weighted by atomic mass is 16.6. The Morgan fingerprint density at radius 1 is 1.20 bits per heavy atom. The Hall–Kier alpha value is -3.32. The number of benzene rings is 2. The van der Waals surface area contributed by atoms with Gasteiger partial charge in [0.15, 0.2) is 11.5 Å². The molecule has 1 spiro atoms. The van der Waals surface area contributed by atoms with Gasteiger partial charge in [-0.05, 0) is 68.9 Å². The van der Waals surface area contributed by atoms with Gasteiger partial charge in [-0.3, -0.25) is 14.5 Å². The second-order valence-corrected chi connectivity index (χ2v) is 13.8. The van der Waals surface area contributed by atoms with Gasteiger partial charge in [-0.15, -0.1) is 6.58 Å². The molecule has 0 unspecified atom stereocenters. The van der Waals surface area contributed by atoms with Crippen molar-refractivity contribution in [3.8, 4) is 17.2 Å². The molecule has 2 aliphatic heterocycles. The van der Waals surface area contributed by atoms with Crippen molar-refractivity contribution < 1.29 is 24.2 Å². The van der Waals surface area contributed by atoms with Gasteiger partial charge < -0.3 is 19.5 Å². The monoisotopic (exact) mass is 600 g/mol. The van der Waals surface area contributed by atoms with Gasteiger partial charge in [0.1, 0.15) is 11.9 Å². The van der Waals surface area contributed by atoms with Crippen molar-refractivity contribution in [2.45, 2.75) is 102 Å². The number of aryl methyl sites for hydroxylation is 1. The van der Waals surface area contributed by atoms with E-state index in [0.29, 0.717) is 36.3 Å². The SMILES string of the molecule is C=CCN1CC[C@]23c4c5c(O)cc(OC(C)=O)c4O[C@H]2[C@H](N(CC(C)C)C(=O)CCCCCc2ccccc2)CC[C@H]3[C@H]1C5. The summed E-state index contributed by atoms with van der Waals surface area (Å²) < 4.78 is 12.6. The number of unbranched alkanes of at least 4 members (excludes halogenated alkanes) is 2. The zero-order chi connectivity index (χ0) is 31.0. The van der Waals surface area contributed by atoms with Crippen LogP contribution in [0, 0.1) is 11.8 Å². The van der Waals surface area contributed by atoms with Crippen molar-refractivity contribution in [1.29, 1.82) is 0 Å². The first-order valence-corrected chi connectivity index (χ1v) is 16.7. The first kappa shape index (κ1) is 30.7. The molecule has 2 aromatic carbocycles. The Bertz CT molecular complexity index is 1390. The fourth-order valence-electron chi connectivity index (χ4n) is 8.98. The number of piperidine rings is 1. The maximum atomic E-state index is 14.1. The predicted molar refractivity (Wildman–Crippen MR) is 171 cm³/mol. The van der Waals surface area contributed by atoms with Crippen LogP contribution >= 0.6 is 0 Å². The van der Waals surface area contributed by atoms with Gasteiger partial charge >= 0.3 is 5.97 Å². The van der Waals surface area contributed by atoms with Crippen molar-refractivity contribution in [3.63, 3.8) is 0 Å². The van der Waals surface area contributed by atoms with Crippen LogP contribution in [0.15, 0.2) is 49.1 Å². The van der Waals surface area contributed by atoms with Crippen LogP contribution in [0.1, 0.15) is 82.4 Å². The fraction of sp³-hybridized carbons (Fsp3) is 0.568. The van der Waals surface area contributed by atoms with Crippen LogP contribution in [-0.2, 0) is 27.8 Å². The number of esters is 1. The molecule has 0 aromatic heterocycles. The lowest BCUT2D eigenvalue weighted by atomic mass is 9.50. The summed E-state index contributed by atoms with van der Waals surface area (Å²) in [7, 11) is 0. The molecule has 2 aliphatic carbocycles. The summed E-state index contributed by atoms with van der Waals surface area (Å²) in [5.41, 5.74) is 2.94. The van der Waals surface area contributed by atoms with Crippen molar-refractivity contribution in [2.24, 2.45) is 11.8 Å². The number of carbonyl (C=O) groups excluding carboxylic acids is 2. The highest BCUT2D eigenvalue weighted by Gasteiger charge is 2.67. The number of aromatic hydroxyl groups is 1. The minimum Gasteiger partial charge on any atom is -0.508 e. The number of carbonyl (C=O) groups is 2. The highest BCUT2D eigenvalue weighted by molar-refractivity contribution is 5.77. The maximum absolute atomic E-state index is 14.1. The van der Waals surface area contributed by atoms with Gasteiger partial charge in [0, 0.05) is 55.1 Å². The van der Waals surface area contributed by atoms with Gasteiger partial charge in [0.2, 0.25) is 5.91 Å². The van der Waals surface area contributed by atoms with Crippen LogP contribution in [0.4, 0.5) is 0 Å². The Morgan fingerprint density at radius 2 is 2.00 bits per heavy atom. The largest absolute Gasteiger partial charge is 0.508 e. The predicted octanol–water partition coefficient (Wildman–Crippen LogP) is 6.20. The highest BCUT2D eigenvalue weighted by Crippen LogP contribution is 2.65. The number of ether oxygens (including phenoxy) is 2. The molecule has 5 atom stereocenters. The number of nitrogens with zero attached hydrogens (tertiary/aromatic N) is 2. The van der Waals surface area contributed by atoms with Crippen molar-refractivity contribution in [1.82, 2.24) is 9.80 Å². The number of amides is 1. The van der Waals surface area contributed by atoms with Crippen molar-refractivity contribution in [3.05, 3.63) is 65.7 Å².